The number of imidazole rings is 1. The van der Waals surface area contributed by atoms with Crippen molar-refractivity contribution in [3.8, 4) is 11.3 Å². The summed E-state index contributed by atoms with van der Waals surface area (Å²) in [5.41, 5.74) is 3.19. The lowest BCUT2D eigenvalue weighted by Gasteiger charge is -2.18. The quantitative estimate of drug-likeness (QED) is 0.725. The summed E-state index contributed by atoms with van der Waals surface area (Å²) in [6.07, 6.45) is 1.83. The van der Waals surface area contributed by atoms with Gasteiger partial charge in [-0.05, 0) is 24.6 Å². The van der Waals surface area contributed by atoms with Crippen LogP contribution in [-0.2, 0) is 11.3 Å². The Morgan fingerprint density at radius 1 is 1.20 bits per heavy atom. The van der Waals surface area contributed by atoms with Crippen LogP contribution in [0.3, 0.4) is 0 Å². The summed E-state index contributed by atoms with van der Waals surface area (Å²) in [4.78, 5) is 25.9. The van der Waals surface area contributed by atoms with Gasteiger partial charge in [0.05, 0.1) is 36.8 Å². The van der Waals surface area contributed by atoms with Gasteiger partial charge >= 0.3 is 5.97 Å². The average Bonchev–Trinajstić information content (AvgIpc) is 3.10. The number of anilines is 1. The fraction of sp³-hybridized carbons (Fsp3) is 0.211. The molecular formula is C19H20N4O2. The Morgan fingerprint density at radius 2 is 1.96 bits per heavy atom. The minimum atomic E-state index is -0.377. The van der Waals surface area contributed by atoms with Crippen LogP contribution in [0.4, 0.5) is 5.82 Å². The molecule has 0 saturated carbocycles. The standard InChI is InChI=1S/C19H20N4O2/c1-13-15(19(24)25-3)9-10-18(21-13)23(2)12-17-20-11-16(22-17)14-7-5-4-6-8-14/h4-11H,12H2,1-3H3,(H,20,22). The summed E-state index contributed by atoms with van der Waals surface area (Å²) in [6, 6.07) is 13.6. The summed E-state index contributed by atoms with van der Waals surface area (Å²) < 4.78 is 4.75. The molecule has 0 aliphatic rings. The third-order valence-electron chi connectivity index (χ3n) is 3.97. The maximum atomic E-state index is 11.7. The van der Waals surface area contributed by atoms with E-state index in [4.69, 9.17) is 4.74 Å². The molecule has 0 aliphatic carbocycles. The van der Waals surface area contributed by atoms with Crippen LogP contribution in [0.25, 0.3) is 11.3 Å². The Morgan fingerprint density at radius 3 is 2.64 bits per heavy atom. The minimum Gasteiger partial charge on any atom is -0.465 e. The van der Waals surface area contributed by atoms with Gasteiger partial charge in [-0.2, -0.15) is 0 Å². The second kappa shape index (κ2) is 7.17. The molecule has 0 amide bonds. The number of benzene rings is 1. The lowest BCUT2D eigenvalue weighted by molar-refractivity contribution is 0.0599. The van der Waals surface area contributed by atoms with Crippen molar-refractivity contribution in [3.63, 3.8) is 0 Å². The molecule has 0 aliphatic heterocycles. The Kier molecular flexibility index (Phi) is 4.79. The molecule has 3 aromatic rings. The molecule has 128 valence electrons. The van der Waals surface area contributed by atoms with E-state index >= 15 is 0 Å². The van der Waals surface area contributed by atoms with Gasteiger partial charge in [0.1, 0.15) is 11.6 Å². The maximum absolute atomic E-state index is 11.7. The van der Waals surface area contributed by atoms with Gasteiger partial charge in [0.25, 0.3) is 0 Å². The lowest BCUT2D eigenvalue weighted by Crippen LogP contribution is -2.19. The van der Waals surface area contributed by atoms with Gasteiger partial charge in [-0.25, -0.2) is 14.8 Å². The highest BCUT2D eigenvalue weighted by atomic mass is 16.5. The number of pyridine rings is 1. The molecule has 0 saturated heterocycles. The first-order valence-electron chi connectivity index (χ1n) is 7.95. The van der Waals surface area contributed by atoms with Crippen molar-refractivity contribution in [1.29, 1.82) is 0 Å². The van der Waals surface area contributed by atoms with Crippen LogP contribution >= 0.6 is 0 Å². The van der Waals surface area contributed by atoms with Crippen molar-refractivity contribution >= 4 is 11.8 Å². The predicted octanol–water partition coefficient (Wildman–Crippen LogP) is 3.20. The van der Waals surface area contributed by atoms with Gasteiger partial charge in [-0.15, -0.1) is 0 Å². The Bertz CT molecular complexity index is 874. The highest BCUT2D eigenvalue weighted by Crippen LogP contribution is 2.19. The van der Waals surface area contributed by atoms with Crippen molar-refractivity contribution in [2.45, 2.75) is 13.5 Å². The smallest absolute Gasteiger partial charge is 0.339 e. The summed E-state index contributed by atoms with van der Waals surface area (Å²) in [7, 11) is 3.30. The number of aromatic amines is 1. The van der Waals surface area contributed by atoms with E-state index < -0.39 is 0 Å². The molecule has 6 nitrogen and oxygen atoms in total. The maximum Gasteiger partial charge on any atom is 0.339 e. The second-order valence-electron chi connectivity index (χ2n) is 5.76. The fourth-order valence-electron chi connectivity index (χ4n) is 2.60. The van der Waals surface area contributed by atoms with E-state index in [2.05, 4.69) is 15.0 Å². The number of aryl methyl sites for hydroxylation is 1. The first-order chi connectivity index (χ1) is 12.1. The van der Waals surface area contributed by atoms with Crippen LogP contribution in [0.1, 0.15) is 21.9 Å². The molecule has 2 heterocycles. The number of aromatic nitrogens is 3. The third-order valence-corrected chi connectivity index (χ3v) is 3.97. The number of H-pyrrole nitrogens is 1. The molecule has 1 aromatic carbocycles. The van der Waals surface area contributed by atoms with E-state index in [0.717, 1.165) is 22.9 Å². The number of nitrogens with one attached hydrogen (secondary N) is 1. The van der Waals surface area contributed by atoms with Crippen LogP contribution in [0.5, 0.6) is 0 Å². The van der Waals surface area contributed by atoms with Gasteiger partial charge in [0, 0.05) is 7.05 Å². The van der Waals surface area contributed by atoms with Crippen LogP contribution in [0.15, 0.2) is 48.7 Å². The van der Waals surface area contributed by atoms with Crippen molar-refractivity contribution in [1.82, 2.24) is 15.0 Å². The molecule has 0 unspecified atom stereocenters. The molecule has 0 fully saturated rings. The van der Waals surface area contributed by atoms with Gasteiger partial charge in [0.15, 0.2) is 0 Å². The zero-order valence-corrected chi connectivity index (χ0v) is 14.5. The van der Waals surface area contributed by atoms with Crippen LogP contribution in [0, 0.1) is 6.92 Å². The molecule has 1 N–H and O–H groups in total. The van der Waals surface area contributed by atoms with Crippen LogP contribution < -0.4 is 4.90 Å². The van der Waals surface area contributed by atoms with Gasteiger partial charge in [-0.1, -0.05) is 30.3 Å². The number of hydrogen-bond acceptors (Lipinski definition) is 5. The third kappa shape index (κ3) is 3.68. The predicted molar refractivity (Wildman–Crippen MR) is 96.4 cm³/mol. The molecule has 0 bridgehead atoms. The molecule has 0 radical (unpaired) electrons. The summed E-state index contributed by atoms with van der Waals surface area (Å²) in [5.74, 6) is 1.23. The molecule has 25 heavy (non-hydrogen) atoms. The van der Waals surface area contributed by atoms with Crippen molar-refractivity contribution < 1.29 is 9.53 Å². The van der Waals surface area contributed by atoms with Crippen LogP contribution in [-0.4, -0.2) is 35.1 Å². The lowest BCUT2D eigenvalue weighted by atomic mass is 10.2. The second-order valence-corrected chi connectivity index (χ2v) is 5.76. The summed E-state index contributed by atoms with van der Waals surface area (Å²) in [6.45, 7) is 2.38. The molecule has 3 rings (SSSR count). The number of rotatable bonds is 5. The summed E-state index contributed by atoms with van der Waals surface area (Å²) >= 11 is 0. The van der Waals surface area contributed by atoms with E-state index in [1.165, 1.54) is 7.11 Å². The highest BCUT2D eigenvalue weighted by Gasteiger charge is 2.13. The number of hydrogen-bond donors (Lipinski definition) is 1. The largest absolute Gasteiger partial charge is 0.465 e. The number of carbonyl (C=O) groups is 1. The molecule has 0 spiro atoms. The zero-order chi connectivity index (χ0) is 17.8. The van der Waals surface area contributed by atoms with E-state index in [0.29, 0.717) is 17.8 Å². The first kappa shape index (κ1) is 16.7. The SMILES string of the molecule is COC(=O)c1ccc(N(C)Cc2ncc(-c3ccccc3)[nH]2)nc1C. The Balaban J connectivity index is 1.74. The van der Waals surface area contributed by atoms with Gasteiger partial charge in [0.2, 0.25) is 0 Å². The first-order valence-corrected chi connectivity index (χ1v) is 7.95. The Hall–Kier alpha value is -3.15. The van der Waals surface area contributed by atoms with E-state index in [-0.39, 0.29) is 5.97 Å². The normalized spacial score (nSPS) is 10.5. The van der Waals surface area contributed by atoms with Crippen molar-refractivity contribution in [3.05, 3.63) is 65.7 Å². The van der Waals surface area contributed by atoms with Gasteiger partial charge < -0.3 is 14.6 Å². The number of ether oxygens (including phenoxy) is 1. The summed E-state index contributed by atoms with van der Waals surface area (Å²) in [5, 5.41) is 0. The Labute approximate surface area is 146 Å². The van der Waals surface area contributed by atoms with Crippen LogP contribution in [0.2, 0.25) is 0 Å². The topological polar surface area (TPSA) is 71.1 Å². The van der Waals surface area contributed by atoms with E-state index in [1.54, 1.807) is 19.1 Å². The number of carbonyl (C=O) groups excluding carboxylic acids is 1. The van der Waals surface area contributed by atoms with E-state index in [9.17, 15) is 4.79 Å². The molecule has 2 aromatic heterocycles. The molecule has 0 atom stereocenters. The monoisotopic (exact) mass is 336 g/mol. The highest BCUT2D eigenvalue weighted by molar-refractivity contribution is 5.90. The zero-order valence-electron chi connectivity index (χ0n) is 14.5. The number of esters is 1. The number of nitrogens with zero attached hydrogens (tertiary/aromatic N) is 3. The fourth-order valence-corrected chi connectivity index (χ4v) is 2.60. The van der Waals surface area contributed by atoms with Gasteiger partial charge in [-0.3, -0.25) is 0 Å². The van der Waals surface area contributed by atoms with E-state index in [1.807, 2.05) is 48.5 Å². The number of methoxy groups -OCH3 is 1. The van der Waals surface area contributed by atoms with Crippen molar-refractivity contribution in [2.75, 3.05) is 19.1 Å². The average molecular weight is 336 g/mol. The molecular weight excluding hydrogens is 316 g/mol. The minimum absolute atomic E-state index is 0.377. The van der Waals surface area contributed by atoms with Crippen molar-refractivity contribution in [2.24, 2.45) is 0 Å². The molecule has 6 heteroatoms.